The Hall–Kier alpha value is -2.82. The zero-order valence-electron chi connectivity index (χ0n) is 12.2. The summed E-state index contributed by atoms with van der Waals surface area (Å²) in [6.45, 7) is 0.520. The Morgan fingerprint density at radius 3 is 2.96 bits per heavy atom. The molecule has 3 heterocycles. The van der Waals surface area contributed by atoms with E-state index in [-0.39, 0.29) is 11.5 Å². The van der Waals surface area contributed by atoms with E-state index in [9.17, 15) is 9.18 Å². The summed E-state index contributed by atoms with van der Waals surface area (Å²) < 4.78 is 20.0. The number of halogens is 1. The number of rotatable bonds is 0. The van der Waals surface area contributed by atoms with Gasteiger partial charge in [-0.2, -0.15) is 0 Å². The van der Waals surface area contributed by atoms with Crippen LogP contribution in [0.1, 0.15) is 27.8 Å². The van der Waals surface area contributed by atoms with Gasteiger partial charge in [0.2, 0.25) is 6.23 Å². The Balaban J connectivity index is 1.70. The van der Waals surface area contributed by atoms with E-state index in [1.807, 2.05) is 18.2 Å². The summed E-state index contributed by atoms with van der Waals surface area (Å²) in [6.07, 6.45) is 0.210. The van der Waals surface area contributed by atoms with Crippen molar-refractivity contribution in [2.24, 2.45) is 0 Å². The topological polar surface area (TPSA) is 45.3 Å². The molecule has 23 heavy (non-hydrogen) atoms. The lowest BCUT2D eigenvalue weighted by Crippen LogP contribution is -2.46. The lowest BCUT2D eigenvalue weighted by Gasteiger charge is -2.39. The maximum Gasteiger partial charge on any atom is 0.263 e. The van der Waals surface area contributed by atoms with Gasteiger partial charge in [-0.15, -0.1) is 0 Å². The third-order valence-electron chi connectivity index (χ3n) is 4.67. The molecule has 1 atom stereocenters. The van der Waals surface area contributed by atoms with E-state index < -0.39 is 12.0 Å². The van der Waals surface area contributed by atoms with Gasteiger partial charge in [-0.1, -0.05) is 24.3 Å². The number of nitrogens with zero attached hydrogens (tertiary/aromatic N) is 1. The Morgan fingerprint density at radius 2 is 2.04 bits per heavy atom. The standard InChI is InChI=1S/C18H13FN2O2/c19-12-5-3-7-14-15(12)17(22)21-9-8-11-10-4-1-2-6-13(10)20-16(11)18(21)23-14/h1-7,18,20H,8-9H2. The molecule has 0 spiro atoms. The van der Waals surface area contributed by atoms with Crippen molar-refractivity contribution >= 4 is 16.8 Å². The third kappa shape index (κ3) is 1.62. The molecule has 0 aliphatic carbocycles. The number of aromatic amines is 1. The molecule has 5 heteroatoms. The summed E-state index contributed by atoms with van der Waals surface area (Å²) in [5, 5.41) is 1.16. The molecule has 0 saturated heterocycles. The van der Waals surface area contributed by atoms with Gasteiger partial charge < -0.3 is 9.72 Å². The first-order valence-electron chi connectivity index (χ1n) is 7.59. The summed E-state index contributed by atoms with van der Waals surface area (Å²) in [4.78, 5) is 17.7. The van der Waals surface area contributed by atoms with E-state index in [0.29, 0.717) is 12.3 Å². The van der Waals surface area contributed by atoms with Gasteiger partial charge in [0.1, 0.15) is 17.1 Å². The van der Waals surface area contributed by atoms with Gasteiger partial charge in [-0.3, -0.25) is 9.69 Å². The molecule has 1 aromatic heterocycles. The highest BCUT2D eigenvalue weighted by molar-refractivity contribution is 5.99. The molecule has 5 rings (SSSR count). The minimum atomic E-state index is -0.534. The number of hydrogen-bond acceptors (Lipinski definition) is 2. The predicted molar refractivity (Wildman–Crippen MR) is 82.8 cm³/mol. The molecule has 2 aliphatic rings. The van der Waals surface area contributed by atoms with E-state index >= 15 is 0 Å². The van der Waals surface area contributed by atoms with Crippen LogP contribution in [0.25, 0.3) is 10.9 Å². The van der Waals surface area contributed by atoms with E-state index in [2.05, 4.69) is 11.1 Å². The van der Waals surface area contributed by atoms with Gasteiger partial charge in [-0.25, -0.2) is 4.39 Å². The molecule has 0 radical (unpaired) electrons. The van der Waals surface area contributed by atoms with Gasteiger partial charge in [-0.05, 0) is 30.2 Å². The Labute approximate surface area is 131 Å². The lowest BCUT2D eigenvalue weighted by molar-refractivity contribution is 0.00117. The molecule has 0 fully saturated rings. The first kappa shape index (κ1) is 12.7. The highest BCUT2D eigenvalue weighted by Gasteiger charge is 2.41. The first-order valence-corrected chi connectivity index (χ1v) is 7.59. The summed E-state index contributed by atoms with van der Waals surface area (Å²) >= 11 is 0. The number of amides is 1. The quantitative estimate of drug-likeness (QED) is 0.692. The monoisotopic (exact) mass is 308 g/mol. The van der Waals surface area contributed by atoms with E-state index in [1.165, 1.54) is 11.6 Å². The first-order chi connectivity index (χ1) is 11.2. The fraction of sp³-hybridized carbons (Fsp3) is 0.167. The zero-order chi connectivity index (χ0) is 15.6. The number of nitrogens with one attached hydrogen (secondary N) is 1. The van der Waals surface area contributed by atoms with E-state index in [0.717, 1.165) is 23.0 Å². The van der Waals surface area contributed by atoms with Crippen molar-refractivity contribution in [3.05, 3.63) is 65.1 Å². The Bertz CT molecular complexity index is 963. The van der Waals surface area contributed by atoms with Crippen LogP contribution in [-0.2, 0) is 6.42 Å². The average molecular weight is 308 g/mol. The molecule has 0 bridgehead atoms. The maximum absolute atomic E-state index is 14.0. The highest BCUT2D eigenvalue weighted by Crippen LogP contribution is 2.41. The molecule has 4 nitrogen and oxygen atoms in total. The molecule has 3 aromatic rings. The number of carbonyl (C=O) groups is 1. The van der Waals surface area contributed by atoms with Crippen LogP contribution in [0.3, 0.4) is 0 Å². The van der Waals surface area contributed by atoms with Gasteiger partial charge in [0.25, 0.3) is 5.91 Å². The number of ether oxygens (including phenoxy) is 1. The molecule has 1 amide bonds. The van der Waals surface area contributed by atoms with Crippen molar-refractivity contribution in [2.45, 2.75) is 12.6 Å². The second kappa shape index (κ2) is 4.35. The molecule has 2 aliphatic heterocycles. The number of H-pyrrole nitrogens is 1. The minimum Gasteiger partial charge on any atom is -0.464 e. The van der Waals surface area contributed by atoms with Crippen molar-refractivity contribution in [1.82, 2.24) is 9.88 Å². The van der Waals surface area contributed by atoms with Crippen LogP contribution in [0, 0.1) is 5.82 Å². The molecule has 1 unspecified atom stereocenters. The van der Waals surface area contributed by atoms with Crippen LogP contribution in [0.4, 0.5) is 4.39 Å². The van der Waals surface area contributed by atoms with Crippen LogP contribution >= 0.6 is 0 Å². The number of hydrogen-bond donors (Lipinski definition) is 1. The molecular formula is C18H13FN2O2. The zero-order valence-corrected chi connectivity index (χ0v) is 12.2. The number of carbonyl (C=O) groups excluding carboxylic acids is 1. The smallest absolute Gasteiger partial charge is 0.263 e. The number of aromatic nitrogens is 1. The summed E-state index contributed by atoms with van der Waals surface area (Å²) in [5.41, 5.74) is 3.12. The van der Waals surface area contributed by atoms with Crippen LogP contribution in [0.2, 0.25) is 0 Å². The van der Waals surface area contributed by atoms with Crippen LogP contribution in [0.15, 0.2) is 42.5 Å². The normalized spacial score (nSPS) is 19.1. The Morgan fingerprint density at radius 1 is 1.17 bits per heavy atom. The van der Waals surface area contributed by atoms with Crippen LogP contribution < -0.4 is 4.74 Å². The SMILES string of the molecule is O=C1c2c(F)cccc2OC2c3[nH]c4ccccc4c3CCN12. The van der Waals surface area contributed by atoms with Gasteiger partial charge in [0.15, 0.2) is 0 Å². The third-order valence-corrected chi connectivity index (χ3v) is 4.67. The molecule has 0 saturated carbocycles. The predicted octanol–water partition coefficient (Wildman–Crippen LogP) is 3.40. The second-order valence-corrected chi connectivity index (χ2v) is 5.89. The van der Waals surface area contributed by atoms with Crippen molar-refractivity contribution < 1.29 is 13.9 Å². The number of fused-ring (bicyclic) bond motifs is 6. The van der Waals surface area contributed by atoms with Crippen molar-refractivity contribution in [2.75, 3.05) is 6.54 Å². The largest absolute Gasteiger partial charge is 0.464 e. The summed E-state index contributed by atoms with van der Waals surface area (Å²) in [5.74, 6) is -0.533. The average Bonchev–Trinajstić information content (AvgIpc) is 2.94. The number of benzene rings is 2. The van der Waals surface area contributed by atoms with Gasteiger partial charge in [0, 0.05) is 17.4 Å². The molecule has 1 N–H and O–H groups in total. The van der Waals surface area contributed by atoms with E-state index in [1.54, 1.807) is 17.0 Å². The van der Waals surface area contributed by atoms with Crippen LogP contribution in [-0.4, -0.2) is 22.3 Å². The van der Waals surface area contributed by atoms with Crippen molar-refractivity contribution in [3.63, 3.8) is 0 Å². The number of para-hydroxylation sites is 1. The lowest BCUT2D eigenvalue weighted by atomic mass is 9.99. The van der Waals surface area contributed by atoms with Crippen LogP contribution in [0.5, 0.6) is 5.75 Å². The summed E-state index contributed by atoms with van der Waals surface area (Å²) in [7, 11) is 0. The molecule has 2 aromatic carbocycles. The fourth-order valence-corrected chi connectivity index (χ4v) is 3.61. The van der Waals surface area contributed by atoms with Gasteiger partial charge in [0.05, 0.1) is 5.69 Å². The molecular weight excluding hydrogens is 295 g/mol. The molecule has 114 valence electrons. The van der Waals surface area contributed by atoms with E-state index in [4.69, 9.17) is 4.74 Å². The van der Waals surface area contributed by atoms with Crippen molar-refractivity contribution in [3.8, 4) is 5.75 Å². The second-order valence-electron chi connectivity index (χ2n) is 5.89. The fourth-order valence-electron chi connectivity index (χ4n) is 3.61. The Kier molecular flexibility index (Phi) is 2.40. The minimum absolute atomic E-state index is 0.0308. The van der Waals surface area contributed by atoms with Crippen molar-refractivity contribution in [1.29, 1.82) is 0 Å². The highest BCUT2D eigenvalue weighted by atomic mass is 19.1. The maximum atomic E-state index is 14.0. The summed E-state index contributed by atoms with van der Waals surface area (Å²) in [6, 6.07) is 12.5. The van der Waals surface area contributed by atoms with Gasteiger partial charge >= 0.3 is 0 Å².